The third kappa shape index (κ3) is 65.1. The van der Waals surface area contributed by atoms with Crippen molar-refractivity contribution in [1.29, 1.82) is 0 Å². The highest BCUT2D eigenvalue weighted by Crippen LogP contribution is 2.13. The van der Waals surface area contributed by atoms with E-state index in [9.17, 15) is 14.4 Å². The SMILES string of the molecule is CC/C=C\C/C=C\C/C=C\C/C=C\C/C=C\C/C=C\C/C=C\C/C=C\C/C=C\CCCCCCCC(=O)OCC(COC(=O)C/C=C\C/C=C\C/C=C\C/C=C\C/C=C\CC)OC(=O)CCCCCCC/C=C\C/C=C\CCCCCC. The molecule has 1 atom stereocenters. The van der Waals surface area contributed by atoms with Crippen LogP contribution in [0.1, 0.15) is 245 Å². The number of unbranched alkanes of at least 4 members (excludes halogenated alkanes) is 14. The van der Waals surface area contributed by atoms with Gasteiger partial charge in [-0.3, -0.25) is 14.4 Å². The Bertz CT molecular complexity index is 1970. The molecule has 0 aliphatic heterocycles. The highest BCUT2D eigenvalue weighted by Gasteiger charge is 2.19. The Kier molecular flexibility index (Phi) is 63.0. The van der Waals surface area contributed by atoms with Gasteiger partial charge >= 0.3 is 17.9 Å². The molecule has 456 valence electrons. The Hall–Kier alpha value is -5.75. The van der Waals surface area contributed by atoms with Gasteiger partial charge in [-0.05, 0) is 148 Å². The van der Waals surface area contributed by atoms with Gasteiger partial charge in [0.1, 0.15) is 13.2 Å². The van der Waals surface area contributed by atoms with E-state index in [2.05, 4.69) is 203 Å². The van der Waals surface area contributed by atoms with Gasteiger partial charge in [0.25, 0.3) is 0 Å². The average molecular weight is 1130 g/mol. The van der Waals surface area contributed by atoms with E-state index in [1.807, 2.05) is 6.08 Å². The first-order valence-electron chi connectivity index (χ1n) is 32.4. The van der Waals surface area contributed by atoms with Gasteiger partial charge in [0, 0.05) is 12.8 Å². The quantitative estimate of drug-likeness (QED) is 0.0261. The van der Waals surface area contributed by atoms with Crippen molar-refractivity contribution in [3.63, 3.8) is 0 Å². The summed E-state index contributed by atoms with van der Waals surface area (Å²) in [6.07, 6.45) is 103. The number of carbonyl (C=O) groups is 3. The van der Waals surface area contributed by atoms with Crippen LogP contribution in [0.5, 0.6) is 0 Å². The third-order valence-electron chi connectivity index (χ3n) is 12.8. The molecular formula is C76H116O6. The number of ether oxygens (including phenoxy) is 3. The molecule has 0 aliphatic rings. The summed E-state index contributed by atoms with van der Waals surface area (Å²) < 4.78 is 16.8. The molecule has 0 saturated heterocycles. The average Bonchev–Trinajstić information content (AvgIpc) is 3.47. The molecule has 0 saturated carbocycles. The smallest absolute Gasteiger partial charge is 0.309 e. The minimum absolute atomic E-state index is 0.110. The molecule has 0 heterocycles. The largest absolute Gasteiger partial charge is 0.462 e. The van der Waals surface area contributed by atoms with E-state index in [1.165, 1.54) is 32.1 Å². The van der Waals surface area contributed by atoms with E-state index in [4.69, 9.17) is 14.2 Å². The maximum absolute atomic E-state index is 12.9. The van der Waals surface area contributed by atoms with Gasteiger partial charge in [0.2, 0.25) is 0 Å². The standard InChI is InChI=1S/C76H116O6/c1-4-7-10-13-16-19-22-25-28-30-31-32-33-34-35-36-37-38-39-40-41-42-43-44-45-46-49-51-54-57-60-63-66-69-75(78)81-72-73(71-80-74(77)68-65-62-59-56-53-50-47-27-24-21-18-15-12-9-6-3)82-76(79)70-67-64-61-58-55-52-48-29-26-23-20-17-14-11-8-5-2/h7,9-10,12,16,18-21,23,25,27-29,31-32,34-35,37-38,40-41,43-44,46-49,53,56,62,65,73H,4-6,8,11,13-15,17,22,24,26,30,33,36,39,42,45,50-52,54-55,57-61,63-64,66-72H2,1-3H3/b10-7-,12-9-,19-16-,21-18-,23-20-,28-25-,32-31-,35-34-,38-37-,41-40-,44-43-,47-27-,48-29-,49-46-,56-53-,65-62-. The lowest BCUT2D eigenvalue weighted by Crippen LogP contribution is -2.30. The summed E-state index contributed by atoms with van der Waals surface area (Å²) in [5.41, 5.74) is 0. The van der Waals surface area contributed by atoms with Gasteiger partial charge in [-0.2, -0.15) is 0 Å². The number of carbonyl (C=O) groups excluding carboxylic acids is 3. The second-order valence-corrected chi connectivity index (χ2v) is 20.6. The Morgan fingerprint density at radius 1 is 0.268 bits per heavy atom. The van der Waals surface area contributed by atoms with Crippen LogP contribution >= 0.6 is 0 Å². The van der Waals surface area contributed by atoms with Gasteiger partial charge in [-0.1, -0.05) is 273 Å². The summed E-state index contributed by atoms with van der Waals surface area (Å²) >= 11 is 0. The minimum atomic E-state index is -0.846. The van der Waals surface area contributed by atoms with E-state index in [0.29, 0.717) is 6.42 Å². The summed E-state index contributed by atoms with van der Waals surface area (Å²) in [4.78, 5) is 38.2. The zero-order valence-electron chi connectivity index (χ0n) is 52.2. The van der Waals surface area contributed by atoms with Crippen LogP contribution < -0.4 is 0 Å². The summed E-state index contributed by atoms with van der Waals surface area (Å²) in [5.74, 6) is -1.11. The van der Waals surface area contributed by atoms with E-state index in [1.54, 1.807) is 6.08 Å². The molecule has 0 rings (SSSR count). The third-order valence-corrected chi connectivity index (χ3v) is 12.8. The number of rotatable bonds is 56. The lowest BCUT2D eigenvalue weighted by Gasteiger charge is -2.18. The summed E-state index contributed by atoms with van der Waals surface area (Å²) in [7, 11) is 0. The fourth-order valence-electron chi connectivity index (χ4n) is 8.07. The first kappa shape index (κ1) is 76.2. The fourth-order valence-corrected chi connectivity index (χ4v) is 8.07. The Labute approximate surface area is 503 Å². The predicted molar refractivity (Wildman–Crippen MR) is 357 cm³/mol. The fraction of sp³-hybridized carbons (Fsp3) is 0.539. The van der Waals surface area contributed by atoms with Crippen LogP contribution in [0.15, 0.2) is 194 Å². The molecule has 0 bridgehead atoms. The van der Waals surface area contributed by atoms with Crippen molar-refractivity contribution < 1.29 is 28.6 Å². The van der Waals surface area contributed by atoms with E-state index in [0.717, 1.165) is 173 Å². The molecule has 0 fully saturated rings. The molecular weight excluding hydrogens is 1010 g/mol. The van der Waals surface area contributed by atoms with Gasteiger partial charge in [0.05, 0.1) is 6.42 Å². The lowest BCUT2D eigenvalue weighted by molar-refractivity contribution is -0.166. The monoisotopic (exact) mass is 1120 g/mol. The maximum Gasteiger partial charge on any atom is 0.309 e. The highest BCUT2D eigenvalue weighted by atomic mass is 16.6. The van der Waals surface area contributed by atoms with Crippen molar-refractivity contribution >= 4 is 17.9 Å². The van der Waals surface area contributed by atoms with Gasteiger partial charge in [-0.15, -0.1) is 0 Å². The predicted octanol–water partition coefficient (Wildman–Crippen LogP) is 22.6. The van der Waals surface area contributed by atoms with Gasteiger partial charge in [0.15, 0.2) is 6.10 Å². The molecule has 0 aromatic rings. The Morgan fingerprint density at radius 2 is 0.524 bits per heavy atom. The zero-order chi connectivity index (χ0) is 59.2. The van der Waals surface area contributed by atoms with E-state index >= 15 is 0 Å². The number of allylic oxidation sites excluding steroid dienone is 31. The lowest BCUT2D eigenvalue weighted by atomic mass is 10.1. The van der Waals surface area contributed by atoms with Crippen LogP contribution in [-0.2, 0) is 28.6 Å². The molecule has 0 aromatic heterocycles. The molecule has 0 spiro atoms. The maximum atomic E-state index is 12.9. The molecule has 6 heteroatoms. The van der Waals surface area contributed by atoms with Crippen molar-refractivity contribution in [2.75, 3.05) is 13.2 Å². The van der Waals surface area contributed by atoms with Crippen LogP contribution in [0.25, 0.3) is 0 Å². The molecule has 0 N–H and O–H groups in total. The molecule has 0 radical (unpaired) electrons. The molecule has 82 heavy (non-hydrogen) atoms. The zero-order valence-corrected chi connectivity index (χ0v) is 52.2. The molecule has 0 aromatic carbocycles. The topological polar surface area (TPSA) is 78.9 Å². The Balaban J connectivity index is 4.46. The number of esters is 3. The van der Waals surface area contributed by atoms with E-state index in [-0.39, 0.29) is 38.0 Å². The van der Waals surface area contributed by atoms with Crippen molar-refractivity contribution in [3.05, 3.63) is 194 Å². The normalized spacial score (nSPS) is 13.5. The van der Waals surface area contributed by atoms with Crippen LogP contribution in [0.2, 0.25) is 0 Å². The second-order valence-electron chi connectivity index (χ2n) is 20.6. The first-order chi connectivity index (χ1) is 40.5. The van der Waals surface area contributed by atoms with Crippen LogP contribution in [0.4, 0.5) is 0 Å². The summed E-state index contributed by atoms with van der Waals surface area (Å²) in [5, 5.41) is 0. The molecule has 6 nitrogen and oxygen atoms in total. The van der Waals surface area contributed by atoms with E-state index < -0.39 is 12.1 Å². The van der Waals surface area contributed by atoms with Crippen molar-refractivity contribution in [2.24, 2.45) is 0 Å². The summed E-state index contributed by atoms with van der Waals surface area (Å²) in [6, 6.07) is 0. The van der Waals surface area contributed by atoms with Crippen LogP contribution in [0, 0.1) is 0 Å². The molecule has 0 amide bonds. The first-order valence-corrected chi connectivity index (χ1v) is 32.4. The van der Waals surface area contributed by atoms with Crippen molar-refractivity contribution in [3.8, 4) is 0 Å². The Morgan fingerprint density at radius 3 is 0.854 bits per heavy atom. The summed E-state index contributed by atoms with van der Waals surface area (Å²) in [6.45, 7) is 6.26. The highest BCUT2D eigenvalue weighted by molar-refractivity contribution is 5.72. The number of hydrogen-bond donors (Lipinski definition) is 0. The van der Waals surface area contributed by atoms with Gasteiger partial charge < -0.3 is 14.2 Å². The van der Waals surface area contributed by atoms with Crippen molar-refractivity contribution in [2.45, 2.75) is 252 Å². The van der Waals surface area contributed by atoms with Crippen LogP contribution in [-0.4, -0.2) is 37.2 Å². The van der Waals surface area contributed by atoms with Crippen molar-refractivity contribution in [1.82, 2.24) is 0 Å². The molecule has 1 unspecified atom stereocenters. The van der Waals surface area contributed by atoms with Gasteiger partial charge in [-0.25, -0.2) is 0 Å². The molecule has 0 aliphatic carbocycles. The van der Waals surface area contributed by atoms with Crippen LogP contribution in [0.3, 0.4) is 0 Å². The minimum Gasteiger partial charge on any atom is -0.462 e. The second kappa shape index (κ2) is 67.8. The number of hydrogen-bond acceptors (Lipinski definition) is 6.